The van der Waals surface area contributed by atoms with Crippen LogP contribution in [-0.4, -0.2) is 19.7 Å². The molecule has 0 unspecified atom stereocenters. The molecule has 0 fully saturated rings. The van der Waals surface area contributed by atoms with E-state index < -0.39 is 5.97 Å². The van der Waals surface area contributed by atoms with Crippen molar-refractivity contribution in [3.8, 4) is 11.8 Å². The largest absolute Gasteiger partial charge is 0.493 e. The highest BCUT2D eigenvalue weighted by Crippen LogP contribution is 2.25. The Balaban J connectivity index is 3.22. The average Bonchev–Trinajstić information content (AvgIpc) is 2.38. The van der Waals surface area contributed by atoms with Crippen molar-refractivity contribution in [1.29, 1.82) is 5.26 Å². The molecule has 0 saturated carbocycles. The number of carbonyl (C=O) groups excluding carboxylic acids is 1. The lowest BCUT2D eigenvalue weighted by molar-refractivity contribution is -0.135. The van der Waals surface area contributed by atoms with Crippen LogP contribution < -0.4 is 4.74 Å². The van der Waals surface area contributed by atoms with Crippen LogP contribution in [0.4, 0.5) is 0 Å². The van der Waals surface area contributed by atoms with E-state index in [0.29, 0.717) is 17.9 Å². The second-order valence-corrected chi connectivity index (χ2v) is 4.19. The first-order chi connectivity index (χ1) is 8.62. The van der Waals surface area contributed by atoms with Crippen LogP contribution in [0.15, 0.2) is 28.2 Å². The first-order valence-corrected chi connectivity index (χ1v) is 6.04. The maximum Gasteiger partial charge on any atom is 0.348 e. The second-order valence-electron chi connectivity index (χ2n) is 3.28. The standard InChI is InChI=1S/C13H12BrNO3/c1-3-18-12-5-4-11(14)7-9(12)6-10(8-15)13(16)17-2/h4-7H,3H2,1-2H3/b10-6-. The molecule has 0 aliphatic rings. The normalized spacial score (nSPS) is 10.7. The third-order valence-corrected chi connectivity index (χ3v) is 2.59. The zero-order valence-electron chi connectivity index (χ0n) is 10.1. The van der Waals surface area contributed by atoms with Crippen LogP contribution in [0.5, 0.6) is 5.75 Å². The van der Waals surface area contributed by atoms with E-state index in [0.717, 1.165) is 4.47 Å². The number of nitriles is 1. The van der Waals surface area contributed by atoms with Gasteiger partial charge in [0.2, 0.25) is 0 Å². The van der Waals surface area contributed by atoms with E-state index >= 15 is 0 Å². The second kappa shape index (κ2) is 6.82. The summed E-state index contributed by atoms with van der Waals surface area (Å²) in [6.07, 6.45) is 1.45. The molecule has 1 aromatic rings. The Morgan fingerprint density at radius 1 is 1.56 bits per heavy atom. The van der Waals surface area contributed by atoms with Crippen LogP contribution in [0, 0.1) is 11.3 Å². The Hall–Kier alpha value is -1.80. The van der Waals surface area contributed by atoms with Crippen molar-refractivity contribution in [2.45, 2.75) is 6.92 Å². The first kappa shape index (κ1) is 14.3. The molecule has 94 valence electrons. The van der Waals surface area contributed by atoms with E-state index in [9.17, 15) is 4.79 Å². The molecule has 0 aliphatic heterocycles. The van der Waals surface area contributed by atoms with Gasteiger partial charge in [0.05, 0.1) is 13.7 Å². The molecule has 0 N–H and O–H groups in total. The van der Waals surface area contributed by atoms with Crippen LogP contribution >= 0.6 is 15.9 Å². The van der Waals surface area contributed by atoms with E-state index in [4.69, 9.17) is 10.00 Å². The summed E-state index contributed by atoms with van der Waals surface area (Å²) >= 11 is 3.33. The third kappa shape index (κ3) is 3.60. The summed E-state index contributed by atoms with van der Waals surface area (Å²) in [5, 5.41) is 8.91. The molecule has 5 heteroatoms. The summed E-state index contributed by atoms with van der Waals surface area (Å²) in [6, 6.07) is 7.17. The summed E-state index contributed by atoms with van der Waals surface area (Å²) in [5.41, 5.74) is 0.574. The number of benzene rings is 1. The molecular weight excluding hydrogens is 298 g/mol. The van der Waals surface area contributed by atoms with Gasteiger partial charge < -0.3 is 9.47 Å². The number of ether oxygens (including phenoxy) is 2. The third-order valence-electron chi connectivity index (χ3n) is 2.10. The Morgan fingerprint density at radius 2 is 2.28 bits per heavy atom. The van der Waals surface area contributed by atoms with E-state index in [1.54, 1.807) is 18.2 Å². The topological polar surface area (TPSA) is 59.3 Å². The van der Waals surface area contributed by atoms with Gasteiger partial charge in [0.25, 0.3) is 0 Å². The highest BCUT2D eigenvalue weighted by atomic mass is 79.9. The summed E-state index contributed by atoms with van der Waals surface area (Å²) < 4.78 is 10.8. The van der Waals surface area contributed by atoms with Gasteiger partial charge in [-0.05, 0) is 31.2 Å². The summed E-state index contributed by atoms with van der Waals surface area (Å²) in [4.78, 5) is 11.3. The zero-order valence-corrected chi connectivity index (χ0v) is 11.7. The molecule has 0 amide bonds. The highest BCUT2D eigenvalue weighted by molar-refractivity contribution is 9.10. The Labute approximate surface area is 114 Å². The van der Waals surface area contributed by atoms with Crippen molar-refractivity contribution in [3.05, 3.63) is 33.8 Å². The monoisotopic (exact) mass is 309 g/mol. The van der Waals surface area contributed by atoms with Gasteiger partial charge >= 0.3 is 5.97 Å². The van der Waals surface area contributed by atoms with Gasteiger partial charge in [0.15, 0.2) is 0 Å². The lowest BCUT2D eigenvalue weighted by atomic mass is 10.1. The minimum absolute atomic E-state index is 0.0726. The molecule has 18 heavy (non-hydrogen) atoms. The molecule has 1 aromatic carbocycles. The molecule has 0 aliphatic carbocycles. The molecule has 0 atom stereocenters. The van der Waals surface area contributed by atoms with Gasteiger partial charge in [0, 0.05) is 10.0 Å². The van der Waals surface area contributed by atoms with Crippen LogP contribution in [0.3, 0.4) is 0 Å². The number of rotatable bonds is 4. The number of halogens is 1. The van der Waals surface area contributed by atoms with Crippen LogP contribution in [0.1, 0.15) is 12.5 Å². The number of carbonyl (C=O) groups is 1. The number of hydrogen-bond acceptors (Lipinski definition) is 4. The first-order valence-electron chi connectivity index (χ1n) is 5.24. The molecule has 1 rings (SSSR count). The van der Waals surface area contributed by atoms with Crippen molar-refractivity contribution >= 4 is 28.0 Å². The van der Waals surface area contributed by atoms with Crippen molar-refractivity contribution < 1.29 is 14.3 Å². The molecule has 0 saturated heterocycles. The maximum atomic E-state index is 11.3. The number of methoxy groups -OCH3 is 1. The summed E-state index contributed by atoms with van der Waals surface area (Å²) in [7, 11) is 1.23. The molecule has 0 spiro atoms. The van der Waals surface area contributed by atoms with Gasteiger partial charge in [-0.3, -0.25) is 0 Å². The van der Waals surface area contributed by atoms with E-state index in [1.807, 2.05) is 13.0 Å². The quantitative estimate of drug-likeness (QED) is 0.487. The maximum absolute atomic E-state index is 11.3. The summed E-state index contributed by atoms with van der Waals surface area (Å²) in [6.45, 7) is 2.36. The molecule has 4 nitrogen and oxygen atoms in total. The summed E-state index contributed by atoms with van der Waals surface area (Å²) in [5.74, 6) is -0.0581. The fourth-order valence-corrected chi connectivity index (χ4v) is 1.70. The predicted molar refractivity (Wildman–Crippen MR) is 70.9 cm³/mol. The van der Waals surface area contributed by atoms with Gasteiger partial charge in [-0.2, -0.15) is 5.26 Å². The Morgan fingerprint density at radius 3 is 2.83 bits per heavy atom. The van der Waals surface area contributed by atoms with Crippen molar-refractivity contribution in [1.82, 2.24) is 0 Å². The van der Waals surface area contributed by atoms with Gasteiger partial charge in [-0.1, -0.05) is 15.9 Å². The Kier molecular flexibility index (Phi) is 5.40. The van der Waals surface area contributed by atoms with Crippen LogP contribution in [-0.2, 0) is 9.53 Å². The average molecular weight is 310 g/mol. The Bertz CT molecular complexity index is 517. The molecule has 0 aromatic heterocycles. The molecule has 0 heterocycles. The SMILES string of the molecule is CCOc1ccc(Br)cc1/C=C(/C#N)C(=O)OC. The minimum Gasteiger partial charge on any atom is -0.493 e. The smallest absolute Gasteiger partial charge is 0.348 e. The zero-order chi connectivity index (χ0) is 13.5. The van der Waals surface area contributed by atoms with Crippen molar-refractivity contribution in [2.75, 3.05) is 13.7 Å². The van der Waals surface area contributed by atoms with E-state index in [2.05, 4.69) is 20.7 Å². The number of nitrogens with zero attached hydrogens (tertiary/aromatic N) is 1. The van der Waals surface area contributed by atoms with Gasteiger partial charge in [-0.15, -0.1) is 0 Å². The number of hydrogen-bond donors (Lipinski definition) is 0. The van der Waals surface area contributed by atoms with Gasteiger partial charge in [0.1, 0.15) is 17.4 Å². The van der Waals surface area contributed by atoms with Crippen LogP contribution in [0.2, 0.25) is 0 Å². The van der Waals surface area contributed by atoms with Gasteiger partial charge in [-0.25, -0.2) is 4.79 Å². The highest BCUT2D eigenvalue weighted by Gasteiger charge is 2.11. The predicted octanol–water partition coefficient (Wildman–Crippen LogP) is 2.93. The van der Waals surface area contributed by atoms with Crippen LogP contribution in [0.25, 0.3) is 6.08 Å². The molecule has 0 radical (unpaired) electrons. The molecular formula is C13H12BrNO3. The lowest BCUT2D eigenvalue weighted by Gasteiger charge is -2.07. The van der Waals surface area contributed by atoms with E-state index in [-0.39, 0.29) is 5.57 Å². The minimum atomic E-state index is -0.667. The van der Waals surface area contributed by atoms with Crippen molar-refractivity contribution in [2.24, 2.45) is 0 Å². The fourth-order valence-electron chi connectivity index (χ4n) is 1.32. The number of esters is 1. The fraction of sp³-hybridized carbons (Fsp3) is 0.231. The lowest BCUT2D eigenvalue weighted by Crippen LogP contribution is -2.03. The van der Waals surface area contributed by atoms with Crippen molar-refractivity contribution in [3.63, 3.8) is 0 Å². The molecule has 0 bridgehead atoms. The van der Waals surface area contributed by atoms with E-state index in [1.165, 1.54) is 13.2 Å².